The van der Waals surface area contributed by atoms with Gasteiger partial charge in [0.1, 0.15) is 0 Å². The predicted octanol–water partition coefficient (Wildman–Crippen LogP) is 3.71. The number of esters is 1. The van der Waals surface area contributed by atoms with Crippen molar-refractivity contribution in [1.29, 1.82) is 0 Å². The van der Waals surface area contributed by atoms with E-state index in [0.717, 1.165) is 29.0 Å². The number of ketones is 1. The summed E-state index contributed by atoms with van der Waals surface area (Å²) in [7, 11) is -3.50. The molecule has 138 valence electrons. The summed E-state index contributed by atoms with van der Waals surface area (Å²) in [5.74, 6) is -1.18. The zero-order chi connectivity index (χ0) is 19.6. The number of sulfone groups is 1. The van der Waals surface area contributed by atoms with Crippen molar-refractivity contribution in [3.63, 3.8) is 0 Å². The highest BCUT2D eigenvalue weighted by molar-refractivity contribution is 7.90. The Labute approximate surface area is 157 Å². The summed E-state index contributed by atoms with van der Waals surface area (Å²) in [4.78, 5) is 24.6. The van der Waals surface area contributed by atoms with Gasteiger partial charge in [0.2, 0.25) is 5.78 Å². The van der Waals surface area contributed by atoms with Gasteiger partial charge in [0.25, 0.3) is 0 Å². The molecule has 2 rings (SSSR count). The Morgan fingerprint density at radius 2 is 1.62 bits per heavy atom. The number of carbonyl (C=O) groups excluding carboxylic acids is 2. The van der Waals surface area contributed by atoms with Crippen LogP contribution in [0.15, 0.2) is 35.2 Å². The predicted molar refractivity (Wildman–Crippen MR) is 99.8 cm³/mol. The van der Waals surface area contributed by atoms with E-state index in [0.29, 0.717) is 5.56 Å². The number of hydrogen-bond acceptors (Lipinski definition) is 5. The second-order valence-electron chi connectivity index (χ2n) is 6.19. The molecule has 7 heteroatoms. The van der Waals surface area contributed by atoms with Gasteiger partial charge in [0, 0.05) is 11.8 Å². The minimum atomic E-state index is -3.50. The molecule has 0 unspecified atom stereocenters. The van der Waals surface area contributed by atoms with Crippen molar-refractivity contribution >= 4 is 33.2 Å². The molecule has 0 heterocycles. The van der Waals surface area contributed by atoms with Gasteiger partial charge in [-0.3, -0.25) is 4.79 Å². The molecule has 0 saturated heterocycles. The first-order valence-corrected chi connectivity index (χ1v) is 10.1. The summed E-state index contributed by atoms with van der Waals surface area (Å²) in [5, 5.41) is 0.0533. The summed E-state index contributed by atoms with van der Waals surface area (Å²) < 4.78 is 28.3. The van der Waals surface area contributed by atoms with Gasteiger partial charge >= 0.3 is 5.97 Å². The second kappa shape index (κ2) is 7.60. The summed E-state index contributed by atoms with van der Waals surface area (Å²) >= 11 is 5.96. The molecular weight excluding hydrogens is 376 g/mol. The average molecular weight is 395 g/mol. The maximum absolute atomic E-state index is 12.4. The van der Waals surface area contributed by atoms with Gasteiger partial charge in [-0.1, -0.05) is 29.3 Å². The minimum absolute atomic E-state index is 0.0506. The normalized spacial score (nSPS) is 11.3. The average Bonchev–Trinajstić information content (AvgIpc) is 2.50. The Morgan fingerprint density at radius 3 is 2.15 bits per heavy atom. The molecule has 0 aliphatic carbocycles. The molecule has 0 aromatic heterocycles. The molecular formula is C19H19ClO5S. The third-order valence-corrected chi connectivity index (χ3v) is 5.32. The SMILES string of the molecule is Cc1cc(C)c(C(=O)COC(=O)c2cc(S(C)(=O)=O)ccc2Cl)c(C)c1. The number of rotatable bonds is 5. The largest absolute Gasteiger partial charge is 0.454 e. The van der Waals surface area contributed by atoms with Crippen molar-refractivity contribution in [3.8, 4) is 0 Å². The smallest absolute Gasteiger partial charge is 0.340 e. The number of hydrogen-bond donors (Lipinski definition) is 0. The fraction of sp³-hybridized carbons (Fsp3) is 0.263. The summed E-state index contributed by atoms with van der Waals surface area (Å²) in [6.07, 6.45) is 1.03. The fourth-order valence-electron chi connectivity index (χ4n) is 2.79. The lowest BCUT2D eigenvalue weighted by Gasteiger charge is -2.11. The van der Waals surface area contributed by atoms with Crippen LogP contribution in [0.1, 0.15) is 37.4 Å². The molecule has 2 aromatic carbocycles. The summed E-state index contributed by atoms with van der Waals surface area (Å²) in [6, 6.07) is 7.53. The van der Waals surface area contributed by atoms with Crippen LogP contribution in [0.4, 0.5) is 0 Å². The molecule has 0 bridgehead atoms. The van der Waals surface area contributed by atoms with Gasteiger partial charge in [0.05, 0.1) is 15.5 Å². The Morgan fingerprint density at radius 1 is 1.04 bits per heavy atom. The molecule has 0 aliphatic heterocycles. The molecule has 0 radical (unpaired) electrons. The van der Waals surface area contributed by atoms with E-state index >= 15 is 0 Å². The molecule has 0 amide bonds. The van der Waals surface area contributed by atoms with Crippen molar-refractivity contribution in [2.24, 2.45) is 0 Å². The van der Waals surface area contributed by atoms with Gasteiger partial charge in [-0.2, -0.15) is 0 Å². The zero-order valence-electron chi connectivity index (χ0n) is 14.9. The van der Waals surface area contributed by atoms with Gasteiger partial charge in [-0.25, -0.2) is 13.2 Å². The van der Waals surface area contributed by atoms with Crippen molar-refractivity contribution in [2.45, 2.75) is 25.7 Å². The standard InChI is InChI=1S/C19H19ClO5S/c1-11-7-12(2)18(13(3)8-11)17(21)10-25-19(22)15-9-14(26(4,23)24)5-6-16(15)20/h5-9H,10H2,1-4H3. The van der Waals surface area contributed by atoms with Crippen LogP contribution < -0.4 is 0 Å². The lowest BCUT2D eigenvalue weighted by molar-refractivity contribution is 0.0474. The molecule has 0 aliphatic rings. The van der Waals surface area contributed by atoms with Crippen LogP contribution in [0, 0.1) is 20.8 Å². The van der Waals surface area contributed by atoms with Crippen molar-refractivity contribution in [2.75, 3.05) is 12.9 Å². The Bertz CT molecular complexity index is 970. The molecule has 0 atom stereocenters. The van der Waals surface area contributed by atoms with E-state index in [9.17, 15) is 18.0 Å². The molecule has 26 heavy (non-hydrogen) atoms. The lowest BCUT2D eigenvalue weighted by atomic mass is 9.97. The Kier molecular flexibility index (Phi) is 5.88. The third-order valence-electron chi connectivity index (χ3n) is 3.88. The second-order valence-corrected chi connectivity index (χ2v) is 8.61. The van der Waals surface area contributed by atoms with Gasteiger partial charge in [0.15, 0.2) is 16.4 Å². The highest BCUT2D eigenvalue weighted by Gasteiger charge is 2.19. The molecule has 5 nitrogen and oxygen atoms in total. The quantitative estimate of drug-likeness (QED) is 0.570. The van der Waals surface area contributed by atoms with E-state index in [2.05, 4.69) is 0 Å². The highest BCUT2D eigenvalue weighted by atomic mass is 35.5. The first kappa shape index (κ1) is 20.1. The topological polar surface area (TPSA) is 77.5 Å². The van der Waals surface area contributed by atoms with Crippen LogP contribution >= 0.6 is 11.6 Å². The molecule has 2 aromatic rings. The van der Waals surface area contributed by atoms with E-state index in [1.165, 1.54) is 12.1 Å². The Balaban J connectivity index is 2.21. The van der Waals surface area contributed by atoms with Crippen LogP contribution in [0.25, 0.3) is 0 Å². The summed E-state index contributed by atoms with van der Waals surface area (Å²) in [5.41, 5.74) is 3.07. The van der Waals surface area contributed by atoms with E-state index in [1.807, 2.05) is 32.9 Å². The van der Waals surface area contributed by atoms with Crippen molar-refractivity contribution < 1.29 is 22.7 Å². The number of carbonyl (C=O) groups is 2. The first-order valence-electron chi connectivity index (χ1n) is 7.78. The maximum Gasteiger partial charge on any atom is 0.340 e. The van der Waals surface area contributed by atoms with E-state index in [1.54, 1.807) is 0 Å². The van der Waals surface area contributed by atoms with Crippen LogP contribution in [0.2, 0.25) is 5.02 Å². The number of ether oxygens (including phenoxy) is 1. The molecule has 0 fully saturated rings. The minimum Gasteiger partial charge on any atom is -0.454 e. The monoisotopic (exact) mass is 394 g/mol. The number of Topliss-reactive ketones (excluding diaryl/α,β-unsaturated/α-hetero) is 1. The molecule has 0 N–H and O–H groups in total. The Hall–Kier alpha value is -2.18. The number of benzene rings is 2. The molecule has 0 saturated carbocycles. The summed E-state index contributed by atoms with van der Waals surface area (Å²) in [6.45, 7) is 5.12. The van der Waals surface area contributed by atoms with Crippen molar-refractivity contribution in [1.82, 2.24) is 0 Å². The molecule has 0 spiro atoms. The maximum atomic E-state index is 12.4. The first-order chi connectivity index (χ1) is 12.0. The van der Waals surface area contributed by atoms with E-state index in [4.69, 9.17) is 16.3 Å². The van der Waals surface area contributed by atoms with E-state index < -0.39 is 22.4 Å². The van der Waals surface area contributed by atoms with Crippen LogP contribution in [0.3, 0.4) is 0 Å². The highest BCUT2D eigenvalue weighted by Crippen LogP contribution is 2.22. The van der Waals surface area contributed by atoms with Gasteiger partial charge in [-0.15, -0.1) is 0 Å². The van der Waals surface area contributed by atoms with Crippen LogP contribution in [-0.2, 0) is 14.6 Å². The van der Waals surface area contributed by atoms with E-state index in [-0.39, 0.29) is 21.3 Å². The van der Waals surface area contributed by atoms with Gasteiger partial charge in [-0.05, 0) is 50.1 Å². The number of halogens is 1. The van der Waals surface area contributed by atoms with Crippen LogP contribution in [-0.4, -0.2) is 33.0 Å². The van der Waals surface area contributed by atoms with Crippen molar-refractivity contribution in [3.05, 3.63) is 63.2 Å². The fourth-order valence-corrected chi connectivity index (χ4v) is 3.63. The van der Waals surface area contributed by atoms with Crippen LogP contribution in [0.5, 0.6) is 0 Å². The zero-order valence-corrected chi connectivity index (χ0v) is 16.5. The number of aryl methyl sites for hydroxylation is 3. The third kappa shape index (κ3) is 4.51. The van der Waals surface area contributed by atoms with Gasteiger partial charge < -0.3 is 4.74 Å². The lowest BCUT2D eigenvalue weighted by Crippen LogP contribution is -2.17.